The van der Waals surface area contributed by atoms with E-state index in [4.69, 9.17) is 4.42 Å². The van der Waals surface area contributed by atoms with E-state index in [-0.39, 0.29) is 0 Å². The van der Waals surface area contributed by atoms with Gasteiger partial charge in [-0.25, -0.2) is 0 Å². The van der Waals surface area contributed by atoms with Crippen LogP contribution in [-0.2, 0) is 0 Å². The fourth-order valence-corrected chi connectivity index (χ4v) is 10.4. The van der Waals surface area contributed by atoms with E-state index in [0.717, 1.165) is 50.3 Å². The highest BCUT2D eigenvalue weighted by Gasteiger charge is 2.24. The molecule has 12 rings (SSSR count). The minimum absolute atomic E-state index is 0.577. The Morgan fingerprint density at radius 2 is 1.13 bits per heavy atom. The molecule has 1 fully saturated rings. The molecule has 9 aromatic carbocycles. The maximum atomic E-state index is 6.37. The Morgan fingerprint density at radius 1 is 0.443 bits per heavy atom. The van der Waals surface area contributed by atoms with Gasteiger partial charge in [-0.15, -0.1) is 0 Å². The lowest BCUT2D eigenvalue weighted by atomic mass is 9.80. The molecule has 1 aliphatic rings. The van der Waals surface area contributed by atoms with Gasteiger partial charge in [0.05, 0.1) is 16.7 Å². The van der Waals surface area contributed by atoms with Gasteiger partial charge in [-0.3, -0.25) is 0 Å². The third-order valence-corrected chi connectivity index (χ3v) is 13.2. The molecule has 0 aliphatic heterocycles. The van der Waals surface area contributed by atoms with Gasteiger partial charge in [0.1, 0.15) is 11.2 Å². The van der Waals surface area contributed by atoms with Crippen LogP contribution in [0.5, 0.6) is 0 Å². The Kier molecular flexibility index (Phi) is 8.59. The van der Waals surface area contributed by atoms with Gasteiger partial charge in [0.15, 0.2) is 0 Å². The van der Waals surface area contributed by atoms with Gasteiger partial charge >= 0.3 is 0 Å². The van der Waals surface area contributed by atoms with Crippen LogP contribution in [-0.4, -0.2) is 4.57 Å². The molecular formula is C58H44N2O. The second-order valence-corrected chi connectivity index (χ2v) is 16.7. The maximum absolute atomic E-state index is 6.37. The Balaban J connectivity index is 1.07. The highest BCUT2D eigenvalue weighted by atomic mass is 16.3. The number of benzene rings is 9. The minimum Gasteiger partial charge on any atom is -0.456 e. The second kappa shape index (κ2) is 14.7. The molecule has 0 N–H and O–H groups in total. The number of aromatic nitrogens is 1. The molecule has 11 aromatic rings. The molecule has 0 atom stereocenters. The van der Waals surface area contributed by atoms with Crippen molar-refractivity contribution in [2.45, 2.75) is 38.0 Å². The fraction of sp³-hybridized carbons (Fsp3) is 0.103. The monoisotopic (exact) mass is 784 g/mol. The average Bonchev–Trinajstić information content (AvgIpc) is 3.87. The van der Waals surface area contributed by atoms with Crippen molar-refractivity contribution in [3.63, 3.8) is 0 Å². The lowest BCUT2D eigenvalue weighted by molar-refractivity contribution is 0.445. The summed E-state index contributed by atoms with van der Waals surface area (Å²) in [6.45, 7) is 0. The number of nitrogens with zero attached hydrogens (tertiary/aromatic N) is 2. The smallest absolute Gasteiger partial charge is 0.135 e. The molecule has 0 radical (unpaired) electrons. The average molecular weight is 785 g/mol. The van der Waals surface area contributed by atoms with Crippen LogP contribution in [0.15, 0.2) is 205 Å². The van der Waals surface area contributed by atoms with Crippen molar-refractivity contribution in [3.05, 3.63) is 206 Å². The van der Waals surface area contributed by atoms with Crippen molar-refractivity contribution in [3.8, 4) is 27.9 Å². The molecule has 0 bridgehead atoms. The third-order valence-electron chi connectivity index (χ3n) is 13.2. The number of para-hydroxylation sites is 4. The van der Waals surface area contributed by atoms with Gasteiger partial charge in [0, 0.05) is 44.2 Å². The van der Waals surface area contributed by atoms with Crippen molar-refractivity contribution in [2.24, 2.45) is 0 Å². The summed E-state index contributed by atoms with van der Waals surface area (Å²) in [4.78, 5) is 2.46. The Bertz CT molecular complexity index is 3420. The van der Waals surface area contributed by atoms with Gasteiger partial charge in [0.25, 0.3) is 0 Å². The number of fused-ring (bicyclic) bond motifs is 7. The molecule has 0 spiro atoms. The summed E-state index contributed by atoms with van der Waals surface area (Å²) in [6.07, 6.45) is 6.45. The largest absolute Gasteiger partial charge is 0.456 e. The molecule has 3 heteroatoms. The second-order valence-electron chi connectivity index (χ2n) is 16.7. The molecule has 2 aromatic heterocycles. The molecular weight excluding hydrogens is 741 g/mol. The lowest BCUT2D eigenvalue weighted by Crippen LogP contribution is -2.11. The van der Waals surface area contributed by atoms with Gasteiger partial charge < -0.3 is 13.9 Å². The van der Waals surface area contributed by atoms with Crippen LogP contribution in [0, 0.1) is 0 Å². The zero-order valence-corrected chi connectivity index (χ0v) is 34.0. The molecule has 2 heterocycles. The molecule has 292 valence electrons. The maximum Gasteiger partial charge on any atom is 0.135 e. The summed E-state index contributed by atoms with van der Waals surface area (Å²) in [5.41, 5.74) is 15.0. The third kappa shape index (κ3) is 6.03. The molecule has 0 saturated heterocycles. The molecule has 0 unspecified atom stereocenters. The van der Waals surface area contributed by atoms with Gasteiger partial charge in [-0.1, -0.05) is 153 Å². The van der Waals surface area contributed by atoms with Crippen molar-refractivity contribution in [2.75, 3.05) is 4.90 Å². The number of furan rings is 1. The van der Waals surface area contributed by atoms with Crippen LogP contribution < -0.4 is 4.90 Å². The van der Waals surface area contributed by atoms with Crippen molar-refractivity contribution < 1.29 is 4.42 Å². The van der Waals surface area contributed by atoms with E-state index in [9.17, 15) is 0 Å². The summed E-state index contributed by atoms with van der Waals surface area (Å²) < 4.78 is 8.77. The quantitative estimate of drug-likeness (QED) is 0.161. The minimum atomic E-state index is 0.577. The van der Waals surface area contributed by atoms with Gasteiger partial charge in [-0.05, 0) is 119 Å². The lowest BCUT2D eigenvalue weighted by Gasteiger charge is -2.29. The SMILES string of the molecule is c1ccc(-n2c3ccccc3c3ccc(-c4cccc(N(c5ccc6oc7ccccc7c6c5)c5ccccc5-c5cccc6cccc(C7CCCCC7)c56)c4)cc32)cc1. The molecule has 0 amide bonds. The summed E-state index contributed by atoms with van der Waals surface area (Å²) in [5.74, 6) is 0.577. The summed E-state index contributed by atoms with van der Waals surface area (Å²) in [7, 11) is 0. The van der Waals surface area contributed by atoms with E-state index in [0.29, 0.717) is 5.92 Å². The standard InChI is InChI=1S/C58H44N2O/c1-3-16-39(17-4-1)46-27-14-18-40-19-15-28-51(58(40)46)48-25-8-10-29-53(48)59(45-33-35-57-52(38-45)50-26-9-12-31-56(50)61-57)44-23-13-20-41(36-44)42-32-34-49-47-24-7-11-30-54(47)60(55(49)37-42)43-21-5-2-6-22-43/h2,5-15,18-39H,1,3-4,16-17H2. The summed E-state index contributed by atoms with van der Waals surface area (Å²) in [6, 6.07) is 73.3. The molecule has 61 heavy (non-hydrogen) atoms. The Morgan fingerprint density at radius 3 is 2.03 bits per heavy atom. The zero-order valence-electron chi connectivity index (χ0n) is 34.0. The predicted molar refractivity (Wildman–Crippen MR) is 257 cm³/mol. The number of rotatable bonds is 7. The molecule has 3 nitrogen and oxygen atoms in total. The summed E-state index contributed by atoms with van der Waals surface area (Å²) >= 11 is 0. The van der Waals surface area contributed by atoms with E-state index < -0.39 is 0 Å². The topological polar surface area (TPSA) is 21.3 Å². The van der Waals surface area contributed by atoms with E-state index in [1.165, 1.54) is 86.9 Å². The number of hydrogen-bond acceptors (Lipinski definition) is 2. The zero-order chi connectivity index (χ0) is 40.3. The van der Waals surface area contributed by atoms with Crippen LogP contribution >= 0.6 is 0 Å². The van der Waals surface area contributed by atoms with Gasteiger partial charge in [0.2, 0.25) is 0 Å². The van der Waals surface area contributed by atoms with Gasteiger partial charge in [-0.2, -0.15) is 0 Å². The van der Waals surface area contributed by atoms with Crippen molar-refractivity contribution in [1.29, 1.82) is 0 Å². The van der Waals surface area contributed by atoms with Crippen LogP contribution in [0.25, 0.3) is 82.5 Å². The molecule has 1 saturated carbocycles. The Hall–Kier alpha value is -7.36. The van der Waals surface area contributed by atoms with Crippen LogP contribution in [0.1, 0.15) is 43.6 Å². The van der Waals surface area contributed by atoms with Crippen molar-refractivity contribution in [1.82, 2.24) is 4.57 Å². The first-order valence-corrected chi connectivity index (χ1v) is 21.8. The van der Waals surface area contributed by atoms with Crippen LogP contribution in [0.4, 0.5) is 17.1 Å². The summed E-state index contributed by atoms with van der Waals surface area (Å²) in [5, 5.41) is 7.42. The fourth-order valence-electron chi connectivity index (χ4n) is 10.4. The van der Waals surface area contributed by atoms with E-state index in [1.54, 1.807) is 0 Å². The Labute approximate surface area is 355 Å². The van der Waals surface area contributed by atoms with Crippen LogP contribution in [0.2, 0.25) is 0 Å². The predicted octanol–water partition coefficient (Wildman–Crippen LogP) is 16.7. The van der Waals surface area contributed by atoms with E-state index in [1.807, 2.05) is 6.07 Å². The van der Waals surface area contributed by atoms with Crippen molar-refractivity contribution >= 4 is 71.6 Å². The first kappa shape index (κ1) is 35.6. The highest BCUT2D eigenvalue weighted by molar-refractivity contribution is 6.11. The van der Waals surface area contributed by atoms with E-state index in [2.05, 4.69) is 204 Å². The first-order valence-electron chi connectivity index (χ1n) is 21.8. The number of anilines is 3. The molecule has 1 aliphatic carbocycles. The van der Waals surface area contributed by atoms with E-state index >= 15 is 0 Å². The number of hydrogen-bond donors (Lipinski definition) is 0. The van der Waals surface area contributed by atoms with Crippen LogP contribution in [0.3, 0.4) is 0 Å². The highest BCUT2D eigenvalue weighted by Crippen LogP contribution is 2.47. The normalized spacial score (nSPS) is 13.5. The first-order chi connectivity index (χ1) is 30.3.